The van der Waals surface area contributed by atoms with Crippen LogP contribution in [0.15, 0.2) is 0 Å². The molecule has 0 saturated carbocycles. The van der Waals surface area contributed by atoms with E-state index >= 15 is 0 Å². The van der Waals surface area contributed by atoms with Crippen molar-refractivity contribution in [2.75, 3.05) is 20.1 Å². The normalized spacial score (nSPS) is 30.0. The van der Waals surface area contributed by atoms with Gasteiger partial charge in [0.1, 0.15) is 0 Å². The molecule has 9 heavy (non-hydrogen) atoms. The van der Waals surface area contributed by atoms with Crippen LogP contribution < -0.4 is 5.32 Å². The molecule has 0 spiro atoms. The molecule has 2 heteroatoms. The number of hydrogen-bond acceptors (Lipinski definition) is 2. The van der Waals surface area contributed by atoms with Crippen LogP contribution in [0.3, 0.4) is 0 Å². The predicted octanol–water partition coefficient (Wildman–Crippen LogP) is 0.503. The molecular weight excluding hydrogens is 112 g/mol. The number of rotatable bonds is 1. The lowest BCUT2D eigenvalue weighted by Crippen LogP contribution is -2.37. The van der Waals surface area contributed by atoms with E-state index in [1.54, 1.807) is 0 Å². The van der Waals surface area contributed by atoms with Crippen molar-refractivity contribution in [2.24, 2.45) is 5.92 Å². The molecule has 1 heterocycles. The lowest BCUT2D eigenvalue weighted by atomic mass is 10.1. The summed E-state index contributed by atoms with van der Waals surface area (Å²) in [6.07, 6.45) is 0.616. The molecular formula is C7H16N2. The average Bonchev–Trinajstić information content (AvgIpc) is 2.13. The highest BCUT2D eigenvalue weighted by Gasteiger charge is 2.22. The van der Waals surface area contributed by atoms with Gasteiger partial charge in [0.05, 0.1) is 6.17 Å². The quantitative estimate of drug-likeness (QED) is 0.553. The summed E-state index contributed by atoms with van der Waals surface area (Å²) in [5.41, 5.74) is 0. The molecule has 2 nitrogen and oxygen atoms in total. The molecule has 0 aromatic heterocycles. The third-order valence-corrected chi connectivity index (χ3v) is 1.92. The fourth-order valence-electron chi connectivity index (χ4n) is 1.43. The van der Waals surface area contributed by atoms with Crippen molar-refractivity contribution in [3.8, 4) is 0 Å². The Bertz CT molecular complexity index is 90.9. The second-order valence-electron chi connectivity index (χ2n) is 3.12. The summed E-state index contributed by atoms with van der Waals surface area (Å²) in [5, 5.41) is 3.43. The molecule has 0 radical (unpaired) electrons. The van der Waals surface area contributed by atoms with Crippen LogP contribution in [0, 0.1) is 5.92 Å². The second kappa shape index (κ2) is 2.67. The molecule has 0 aromatic rings. The van der Waals surface area contributed by atoms with Crippen molar-refractivity contribution in [3.05, 3.63) is 0 Å². The zero-order chi connectivity index (χ0) is 6.85. The molecule has 1 N–H and O–H groups in total. The van der Waals surface area contributed by atoms with E-state index in [2.05, 4.69) is 31.1 Å². The van der Waals surface area contributed by atoms with Crippen molar-refractivity contribution >= 4 is 0 Å². The fourth-order valence-corrected chi connectivity index (χ4v) is 1.43. The van der Waals surface area contributed by atoms with E-state index in [0.29, 0.717) is 6.17 Å². The maximum atomic E-state index is 3.43. The smallest absolute Gasteiger partial charge is 0.0619 e. The molecule has 1 fully saturated rings. The van der Waals surface area contributed by atoms with Crippen LogP contribution in [0.5, 0.6) is 0 Å². The molecule has 1 aliphatic heterocycles. The van der Waals surface area contributed by atoms with Gasteiger partial charge in [-0.1, -0.05) is 13.8 Å². The van der Waals surface area contributed by atoms with Gasteiger partial charge in [0.15, 0.2) is 0 Å². The number of nitrogens with zero attached hydrogens (tertiary/aromatic N) is 1. The van der Waals surface area contributed by atoms with Gasteiger partial charge in [-0.3, -0.25) is 4.90 Å². The van der Waals surface area contributed by atoms with E-state index < -0.39 is 0 Å². The van der Waals surface area contributed by atoms with Crippen molar-refractivity contribution in [3.63, 3.8) is 0 Å². The Morgan fingerprint density at radius 1 is 1.56 bits per heavy atom. The highest BCUT2D eigenvalue weighted by molar-refractivity contribution is 4.76. The van der Waals surface area contributed by atoms with Crippen LogP contribution in [0.2, 0.25) is 0 Å². The maximum absolute atomic E-state index is 3.43. The van der Waals surface area contributed by atoms with E-state index in [1.807, 2.05) is 0 Å². The highest BCUT2D eigenvalue weighted by atomic mass is 15.3. The molecule has 0 amide bonds. The molecule has 1 rings (SSSR count). The second-order valence-corrected chi connectivity index (χ2v) is 3.12. The molecule has 1 atom stereocenters. The zero-order valence-corrected chi connectivity index (χ0v) is 6.52. The van der Waals surface area contributed by atoms with Crippen molar-refractivity contribution in [1.82, 2.24) is 10.2 Å². The Hall–Kier alpha value is -0.0800. The van der Waals surface area contributed by atoms with Gasteiger partial charge in [-0.05, 0) is 13.0 Å². The minimum atomic E-state index is 0.616. The summed E-state index contributed by atoms with van der Waals surface area (Å²) in [5.74, 6) is 0.734. The zero-order valence-electron chi connectivity index (χ0n) is 6.52. The van der Waals surface area contributed by atoms with Crippen LogP contribution in [-0.4, -0.2) is 31.2 Å². The van der Waals surface area contributed by atoms with Crippen LogP contribution in [0.25, 0.3) is 0 Å². The predicted molar refractivity (Wildman–Crippen MR) is 39.3 cm³/mol. The van der Waals surface area contributed by atoms with Crippen LogP contribution in [0.4, 0.5) is 0 Å². The van der Waals surface area contributed by atoms with Gasteiger partial charge < -0.3 is 5.32 Å². The summed E-state index contributed by atoms with van der Waals surface area (Å²) in [6, 6.07) is 0. The largest absolute Gasteiger partial charge is 0.300 e. The molecule has 0 bridgehead atoms. The molecule has 1 saturated heterocycles. The van der Waals surface area contributed by atoms with Gasteiger partial charge in [-0.25, -0.2) is 0 Å². The average molecular weight is 128 g/mol. The first-order valence-corrected chi connectivity index (χ1v) is 3.65. The summed E-state index contributed by atoms with van der Waals surface area (Å²) in [6.45, 7) is 6.85. The Kier molecular flexibility index (Phi) is 2.09. The van der Waals surface area contributed by atoms with Crippen LogP contribution in [-0.2, 0) is 0 Å². The standard InChI is InChI=1S/C7H16N2/c1-6(2)7-8-4-5-9(7)3/h6-8H,4-5H2,1-3H3. The third kappa shape index (κ3) is 1.43. The van der Waals surface area contributed by atoms with E-state index in [0.717, 1.165) is 12.5 Å². The molecule has 1 unspecified atom stereocenters. The number of likely N-dealkylation sites (N-methyl/N-ethyl adjacent to an activating group) is 1. The van der Waals surface area contributed by atoms with E-state index in [4.69, 9.17) is 0 Å². The number of nitrogens with one attached hydrogen (secondary N) is 1. The molecule has 0 aromatic carbocycles. The van der Waals surface area contributed by atoms with Crippen molar-refractivity contribution < 1.29 is 0 Å². The molecule has 1 aliphatic rings. The van der Waals surface area contributed by atoms with Gasteiger partial charge >= 0.3 is 0 Å². The number of hydrogen-bond donors (Lipinski definition) is 1. The topological polar surface area (TPSA) is 15.3 Å². The van der Waals surface area contributed by atoms with Gasteiger partial charge in [-0.15, -0.1) is 0 Å². The Morgan fingerprint density at radius 2 is 2.22 bits per heavy atom. The van der Waals surface area contributed by atoms with Gasteiger partial charge in [0, 0.05) is 13.1 Å². The maximum Gasteiger partial charge on any atom is 0.0619 e. The van der Waals surface area contributed by atoms with E-state index in [1.165, 1.54) is 6.54 Å². The lowest BCUT2D eigenvalue weighted by molar-refractivity contribution is 0.232. The third-order valence-electron chi connectivity index (χ3n) is 1.92. The summed E-state index contributed by atoms with van der Waals surface area (Å²) in [7, 11) is 2.17. The first-order chi connectivity index (χ1) is 4.22. The monoisotopic (exact) mass is 128 g/mol. The molecule has 0 aliphatic carbocycles. The van der Waals surface area contributed by atoms with Crippen molar-refractivity contribution in [2.45, 2.75) is 20.0 Å². The first kappa shape index (κ1) is 7.03. The fraction of sp³-hybridized carbons (Fsp3) is 1.00. The Morgan fingerprint density at radius 3 is 2.44 bits per heavy atom. The van der Waals surface area contributed by atoms with Gasteiger partial charge in [0.2, 0.25) is 0 Å². The van der Waals surface area contributed by atoms with Crippen LogP contribution >= 0.6 is 0 Å². The highest BCUT2D eigenvalue weighted by Crippen LogP contribution is 2.08. The lowest BCUT2D eigenvalue weighted by Gasteiger charge is -2.22. The minimum Gasteiger partial charge on any atom is -0.300 e. The Balaban J connectivity index is 2.40. The van der Waals surface area contributed by atoms with E-state index in [9.17, 15) is 0 Å². The minimum absolute atomic E-state index is 0.616. The van der Waals surface area contributed by atoms with Crippen LogP contribution in [0.1, 0.15) is 13.8 Å². The van der Waals surface area contributed by atoms with Gasteiger partial charge in [0.25, 0.3) is 0 Å². The van der Waals surface area contributed by atoms with Crippen molar-refractivity contribution in [1.29, 1.82) is 0 Å². The first-order valence-electron chi connectivity index (χ1n) is 3.65. The summed E-state index contributed by atoms with van der Waals surface area (Å²) in [4.78, 5) is 2.37. The Labute approximate surface area is 57.2 Å². The van der Waals surface area contributed by atoms with Gasteiger partial charge in [-0.2, -0.15) is 0 Å². The SMILES string of the molecule is CC(C)C1NCCN1C. The van der Waals surface area contributed by atoms with E-state index in [-0.39, 0.29) is 0 Å². The summed E-state index contributed by atoms with van der Waals surface area (Å²) >= 11 is 0. The summed E-state index contributed by atoms with van der Waals surface area (Å²) < 4.78 is 0. The molecule has 54 valence electrons.